The van der Waals surface area contributed by atoms with E-state index >= 15 is 0 Å². The quantitative estimate of drug-likeness (QED) is 0.385. The van der Waals surface area contributed by atoms with E-state index in [2.05, 4.69) is 0 Å². The number of hydrogen-bond donors (Lipinski definition) is 4. The number of rotatable bonds is 0. The standard InChI is InChI=1S/BrH.Gd.H4O4Si/c;;1-5(2,3)4/h1H;;1-4H. The monoisotopic (exact) mass is 334 g/mol. The van der Waals surface area contributed by atoms with Crippen molar-refractivity contribution in [3.63, 3.8) is 0 Å². The molecular formula is H5BrGdO4Si. The van der Waals surface area contributed by atoms with Crippen LogP contribution in [0.1, 0.15) is 0 Å². The van der Waals surface area contributed by atoms with Gasteiger partial charge in [-0.1, -0.05) is 0 Å². The van der Waals surface area contributed by atoms with Crippen LogP contribution in [0.15, 0.2) is 0 Å². The Kier molecular flexibility index (Phi) is 13.6. The maximum Gasteiger partial charge on any atom is 0.668 e. The van der Waals surface area contributed by atoms with Gasteiger partial charge >= 0.3 is 9.05 Å². The van der Waals surface area contributed by atoms with Gasteiger partial charge in [-0.2, -0.15) is 0 Å². The fraction of sp³-hybridized carbons (Fsp3) is 0. The molecule has 0 aliphatic carbocycles. The summed E-state index contributed by atoms with van der Waals surface area (Å²) in [5.74, 6) is 0. The first-order valence-corrected chi connectivity index (χ1v) is 2.68. The minimum absolute atomic E-state index is 0. The molecule has 0 saturated heterocycles. The average molecular weight is 334 g/mol. The smallest absolute Gasteiger partial charge is 0.368 e. The zero-order valence-corrected chi connectivity index (χ0v) is 8.03. The second-order valence-corrected chi connectivity index (χ2v) is 1.80. The predicted molar refractivity (Wildman–Crippen MR) is 25.0 cm³/mol. The number of hydrogen-bond acceptors (Lipinski definition) is 4. The topological polar surface area (TPSA) is 80.9 Å². The van der Waals surface area contributed by atoms with Gasteiger partial charge in [-0.15, -0.1) is 17.0 Å². The van der Waals surface area contributed by atoms with Crippen LogP contribution in [0.25, 0.3) is 0 Å². The van der Waals surface area contributed by atoms with Crippen molar-refractivity contribution < 1.29 is 59.1 Å². The molecule has 0 saturated carbocycles. The molecule has 0 aromatic rings. The van der Waals surface area contributed by atoms with Crippen molar-refractivity contribution in [2.75, 3.05) is 0 Å². The summed E-state index contributed by atoms with van der Waals surface area (Å²) in [6, 6.07) is 0. The van der Waals surface area contributed by atoms with Gasteiger partial charge in [0.05, 0.1) is 0 Å². The summed E-state index contributed by atoms with van der Waals surface area (Å²) in [7, 11) is -4.61. The molecule has 7 heteroatoms. The van der Waals surface area contributed by atoms with Crippen LogP contribution in [-0.2, 0) is 0 Å². The third-order valence-electron chi connectivity index (χ3n) is 0. The average Bonchev–Trinajstić information content (AvgIpc) is 0.722. The minimum atomic E-state index is -4.61. The van der Waals surface area contributed by atoms with Crippen molar-refractivity contribution in [2.24, 2.45) is 0 Å². The molecule has 0 aliphatic heterocycles. The maximum atomic E-state index is 7.33. The summed E-state index contributed by atoms with van der Waals surface area (Å²) < 4.78 is 0. The van der Waals surface area contributed by atoms with E-state index in [0.717, 1.165) is 0 Å². The summed E-state index contributed by atoms with van der Waals surface area (Å²) in [4.78, 5) is 29.3. The van der Waals surface area contributed by atoms with E-state index in [1.165, 1.54) is 0 Å². The van der Waals surface area contributed by atoms with Gasteiger partial charge in [0.2, 0.25) is 0 Å². The van der Waals surface area contributed by atoms with Gasteiger partial charge in [-0.05, 0) is 0 Å². The van der Waals surface area contributed by atoms with E-state index in [-0.39, 0.29) is 56.9 Å². The van der Waals surface area contributed by atoms with Crippen LogP contribution < -0.4 is 0 Å². The van der Waals surface area contributed by atoms with Crippen molar-refractivity contribution in [3.8, 4) is 0 Å². The van der Waals surface area contributed by atoms with E-state index in [9.17, 15) is 0 Å². The van der Waals surface area contributed by atoms with Crippen molar-refractivity contribution >= 4 is 26.0 Å². The molecule has 0 rings (SSSR count). The Bertz CT molecular complexity index is 27.2. The first-order valence-electron chi connectivity index (χ1n) is 0.894. The van der Waals surface area contributed by atoms with Gasteiger partial charge in [0.1, 0.15) is 0 Å². The molecule has 0 radical (unpaired) electrons. The zero-order chi connectivity index (χ0) is 4.50. The molecule has 4 nitrogen and oxygen atoms in total. The van der Waals surface area contributed by atoms with Crippen LogP contribution in [0.5, 0.6) is 0 Å². The van der Waals surface area contributed by atoms with Crippen molar-refractivity contribution in [1.82, 2.24) is 0 Å². The Labute approximate surface area is 84.1 Å². The normalized spacial score (nSPS) is 8.57. The SMILES string of the molecule is Br.O[Si](O)(O)O.[Gd]. The predicted octanol–water partition coefficient (Wildman–Crippen LogP) is -2.03. The van der Waals surface area contributed by atoms with E-state index in [0.29, 0.717) is 0 Å². The molecule has 0 atom stereocenters. The molecule has 0 aliphatic rings. The van der Waals surface area contributed by atoms with Gasteiger partial charge < -0.3 is 19.2 Å². The fourth-order valence-electron chi connectivity index (χ4n) is 0. The molecule has 0 spiro atoms. The van der Waals surface area contributed by atoms with Crippen LogP contribution in [0.4, 0.5) is 0 Å². The van der Waals surface area contributed by atoms with E-state index < -0.39 is 9.05 Å². The van der Waals surface area contributed by atoms with Gasteiger partial charge in [0.15, 0.2) is 0 Å². The van der Waals surface area contributed by atoms with Gasteiger partial charge in [0.25, 0.3) is 0 Å². The molecule has 0 bridgehead atoms. The van der Waals surface area contributed by atoms with Crippen LogP contribution in [0.2, 0.25) is 0 Å². The molecule has 0 aromatic carbocycles. The van der Waals surface area contributed by atoms with Gasteiger partial charge in [-0.3, -0.25) is 0 Å². The van der Waals surface area contributed by atoms with Crippen molar-refractivity contribution in [3.05, 3.63) is 0 Å². The van der Waals surface area contributed by atoms with Crippen LogP contribution in [-0.4, -0.2) is 28.2 Å². The van der Waals surface area contributed by atoms with E-state index in [4.69, 9.17) is 19.2 Å². The molecule has 0 fully saturated rings. The van der Waals surface area contributed by atoms with Crippen LogP contribution >= 0.6 is 17.0 Å². The van der Waals surface area contributed by atoms with Gasteiger partial charge in [0, 0.05) is 39.9 Å². The molecule has 0 amide bonds. The van der Waals surface area contributed by atoms with Crippen molar-refractivity contribution in [2.45, 2.75) is 0 Å². The fourth-order valence-corrected chi connectivity index (χ4v) is 0. The van der Waals surface area contributed by atoms with Crippen LogP contribution in [0, 0.1) is 39.9 Å². The Hall–Kier alpha value is 1.86. The summed E-state index contributed by atoms with van der Waals surface area (Å²) >= 11 is 0. The minimum Gasteiger partial charge on any atom is -0.368 e. The first kappa shape index (κ1) is 15.9. The Morgan fingerprint density at radius 3 is 0.857 bits per heavy atom. The molecule has 7 heavy (non-hydrogen) atoms. The largest absolute Gasteiger partial charge is 0.668 e. The Morgan fingerprint density at radius 2 is 0.857 bits per heavy atom. The number of halogens is 1. The molecule has 0 unspecified atom stereocenters. The third kappa shape index (κ3) is 77.9. The summed E-state index contributed by atoms with van der Waals surface area (Å²) in [5.41, 5.74) is 0. The summed E-state index contributed by atoms with van der Waals surface area (Å²) in [6.07, 6.45) is 0. The maximum absolute atomic E-state index is 7.33. The molecule has 0 heterocycles. The summed E-state index contributed by atoms with van der Waals surface area (Å²) in [6.45, 7) is 0. The second kappa shape index (κ2) is 5.99. The van der Waals surface area contributed by atoms with Gasteiger partial charge in [-0.25, -0.2) is 0 Å². The summed E-state index contributed by atoms with van der Waals surface area (Å²) in [5, 5.41) is 0. The third-order valence-corrected chi connectivity index (χ3v) is 0. The van der Waals surface area contributed by atoms with Crippen LogP contribution in [0.3, 0.4) is 0 Å². The van der Waals surface area contributed by atoms with E-state index in [1.807, 2.05) is 0 Å². The Balaban J connectivity index is -0.0000000800. The first-order chi connectivity index (χ1) is 2.00. The van der Waals surface area contributed by atoms with Crippen molar-refractivity contribution in [1.29, 1.82) is 0 Å². The van der Waals surface area contributed by atoms with E-state index in [1.54, 1.807) is 0 Å². The second-order valence-electron chi connectivity index (χ2n) is 0.600. The molecular weight excluding hydrogens is 329 g/mol. The molecule has 4 N–H and O–H groups in total. The molecule has 48 valence electrons. The zero-order valence-electron chi connectivity index (χ0n) is 3.05. The molecule has 0 aromatic heterocycles. The Morgan fingerprint density at radius 1 is 0.857 bits per heavy atom.